The van der Waals surface area contributed by atoms with Crippen LogP contribution in [0.4, 0.5) is 13.9 Å². The van der Waals surface area contributed by atoms with Gasteiger partial charge in [0.05, 0.1) is 64.2 Å². The lowest BCUT2D eigenvalue weighted by Gasteiger charge is -2.16. The van der Waals surface area contributed by atoms with Crippen LogP contribution >= 0.6 is 18.9 Å². The number of hydrogen-bond acceptors (Lipinski definition) is 14. The molecule has 0 saturated carbocycles. The molecule has 0 aliphatic rings. The van der Waals surface area contributed by atoms with Crippen LogP contribution in [-0.4, -0.2) is 90.0 Å². The third-order valence-electron chi connectivity index (χ3n) is 8.80. The van der Waals surface area contributed by atoms with E-state index >= 15 is 0 Å². The maximum atomic E-state index is 13.5. The van der Waals surface area contributed by atoms with E-state index in [1.807, 2.05) is 26.0 Å². The summed E-state index contributed by atoms with van der Waals surface area (Å²) in [6.07, 6.45) is 0.579. The van der Waals surface area contributed by atoms with Crippen LogP contribution in [0.1, 0.15) is 72.7 Å². The zero-order chi connectivity index (χ0) is 47.2. The van der Waals surface area contributed by atoms with Crippen molar-refractivity contribution in [1.29, 1.82) is 0 Å². The highest BCUT2D eigenvalue weighted by Gasteiger charge is 2.26. The van der Waals surface area contributed by atoms with Crippen molar-refractivity contribution in [2.24, 2.45) is 0 Å². The van der Waals surface area contributed by atoms with E-state index in [-0.39, 0.29) is 57.3 Å². The van der Waals surface area contributed by atoms with E-state index in [0.29, 0.717) is 77.6 Å². The molecule has 360 valence electrons. The number of carbonyl (C=O) groups is 2. The van der Waals surface area contributed by atoms with Gasteiger partial charge < -0.3 is 42.2 Å². The van der Waals surface area contributed by atoms with Crippen molar-refractivity contribution >= 4 is 35.9 Å². The second-order valence-corrected chi connectivity index (χ2v) is 17.2. The van der Waals surface area contributed by atoms with E-state index in [9.17, 15) is 22.9 Å². The van der Waals surface area contributed by atoms with Crippen molar-refractivity contribution in [3.05, 3.63) is 130 Å². The monoisotopic (exact) mass is 958 g/mol. The molecule has 0 unspecified atom stereocenters. The largest absolute Gasteiger partial charge is 0.493 e. The van der Waals surface area contributed by atoms with Crippen molar-refractivity contribution in [1.82, 2.24) is 4.98 Å². The first-order valence-corrected chi connectivity index (χ1v) is 23.4. The molecule has 1 aromatic heterocycles. The lowest BCUT2D eigenvalue weighted by molar-refractivity contribution is 0.0598. The molecular weight excluding hydrogens is 898 g/mol. The standard InChI is InChI=1S/C27H34FN2O7PS.C20H23FO5.CH4/c1-5-35-38(32,36-6-2)17-23-18-39-27(29-23)30-26(31)21-13-24(15-25(14-21)37-19(3)16-33-4)34-11-10-20-8-7-9-22(28)12-20;1-14(13-23-2)26-19-11-16(20(22)24-3)10-18(12-19)25-8-7-15-5-4-6-17(21)9-15;/h7-9,12-15,18-19H,5-6,10-11,16-17H2,1-4H3,(H,29,30,31);4-6,9-12,14H,7-8,13H2,1-3H3;1H4/t19-;14-;/m00./s1. The summed E-state index contributed by atoms with van der Waals surface area (Å²) in [6.45, 7) is 9.08. The van der Waals surface area contributed by atoms with Gasteiger partial charge in [0.25, 0.3) is 5.91 Å². The summed E-state index contributed by atoms with van der Waals surface area (Å²) in [5.74, 6) is 0.325. The number of nitrogens with zero attached hydrogens (tertiary/aromatic N) is 1. The minimum atomic E-state index is -3.32. The summed E-state index contributed by atoms with van der Waals surface area (Å²) in [7, 11) is 1.16. The van der Waals surface area contributed by atoms with Gasteiger partial charge in [-0.15, -0.1) is 11.3 Å². The van der Waals surface area contributed by atoms with E-state index < -0.39 is 19.5 Å². The summed E-state index contributed by atoms with van der Waals surface area (Å²) in [4.78, 5) is 29.4. The molecule has 0 aliphatic heterocycles. The number of anilines is 1. The summed E-state index contributed by atoms with van der Waals surface area (Å²) >= 11 is 1.20. The van der Waals surface area contributed by atoms with Crippen molar-refractivity contribution in [2.45, 2.75) is 66.3 Å². The van der Waals surface area contributed by atoms with Crippen molar-refractivity contribution in [3.63, 3.8) is 0 Å². The predicted molar refractivity (Wildman–Crippen MR) is 251 cm³/mol. The molecule has 1 heterocycles. The van der Waals surface area contributed by atoms with Crippen molar-refractivity contribution in [2.75, 3.05) is 66.3 Å². The number of carbonyl (C=O) groups excluding carboxylic acids is 2. The molecule has 0 saturated heterocycles. The van der Waals surface area contributed by atoms with E-state index in [1.54, 1.807) is 82.0 Å². The Bertz CT molecular complexity index is 2310. The van der Waals surface area contributed by atoms with Crippen LogP contribution in [0.3, 0.4) is 0 Å². The molecule has 4 aromatic carbocycles. The van der Waals surface area contributed by atoms with Gasteiger partial charge in [0.15, 0.2) is 5.13 Å². The van der Waals surface area contributed by atoms with Gasteiger partial charge in [0.1, 0.15) is 46.8 Å². The number of nitrogens with one attached hydrogen (secondary N) is 1. The van der Waals surface area contributed by atoms with E-state index in [4.69, 9.17) is 42.2 Å². The van der Waals surface area contributed by atoms with Gasteiger partial charge in [-0.25, -0.2) is 18.6 Å². The average molecular weight is 959 g/mol. The van der Waals surface area contributed by atoms with Crippen LogP contribution < -0.4 is 24.3 Å². The second-order valence-electron chi connectivity index (χ2n) is 14.3. The predicted octanol–water partition coefficient (Wildman–Crippen LogP) is 10.6. The van der Waals surface area contributed by atoms with Crippen LogP contribution in [0.2, 0.25) is 0 Å². The number of amides is 1. The highest BCUT2D eigenvalue weighted by molar-refractivity contribution is 7.53. The van der Waals surface area contributed by atoms with Gasteiger partial charge in [-0.05, 0) is 87.4 Å². The van der Waals surface area contributed by atoms with Gasteiger partial charge in [-0.3, -0.25) is 14.7 Å². The number of thiazole rings is 1. The number of methoxy groups -OCH3 is 3. The number of aromatic nitrogens is 1. The smallest absolute Gasteiger partial charge is 0.338 e. The number of benzene rings is 4. The van der Waals surface area contributed by atoms with E-state index in [2.05, 4.69) is 10.3 Å². The fourth-order valence-corrected chi connectivity index (χ4v) is 8.53. The Morgan fingerprint density at radius 3 is 1.67 bits per heavy atom. The van der Waals surface area contributed by atoms with Gasteiger partial charge in [-0.1, -0.05) is 31.7 Å². The first-order chi connectivity index (χ1) is 31.2. The molecule has 0 fully saturated rings. The summed E-state index contributed by atoms with van der Waals surface area (Å²) in [6, 6.07) is 22.4. The van der Waals surface area contributed by atoms with Crippen LogP contribution in [-0.2, 0) is 46.8 Å². The Labute approximate surface area is 390 Å². The minimum Gasteiger partial charge on any atom is -0.493 e. The molecule has 5 rings (SSSR count). The zero-order valence-electron chi connectivity index (χ0n) is 37.6. The number of esters is 1. The number of hydrogen-bond donors (Lipinski definition) is 1. The van der Waals surface area contributed by atoms with Crippen LogP contribution in [0.15, 0.2) is 90.3 Å². The third kappa shape index (κ3) is 19.2. The normalized spacial score (nSPS) is 11.8. The molecule has 2 atom stereocenters. The summed E-state index contributed by atoms with van der Waals surface area (Å²) in [5.41, 5.74) is 2.75. The average Bonchev–Trinajstić information content (AvgIpc) is 3.69. The molecule has 1 N–H and O–H groups in total. The van der Waals surface area contributed by atoms with Crippen LogP contribution in [0.5, 0.6) is 23.0 Å². The molecule has 5 aromatic rings. The third-order valence-corrected chi connectivity index (χ3v) is 11.6. The number of rotatable bonds is 25. The SMILES string of the molecule is C.CCOP(=O)(Cc1csc(NC(=O)c2cc(OCCc3cccc(F)c3)cc(O[C@@H](C)COC)c2)n1)OCC.COC[C@H](C)Oc1cc(OCCc2cccc(F)c2)cc(C(=O)OC)c1. The van der Waals surface area contributed by atoms with Crippen LogP contribution in [0.25, 0.3) is 0 Å². The molecule has 0 radical (unpaired) electrons. The highest BCUT2D eigenvalue weighted by atomic mass is 32.1. The molecule has 66 heavy (non-hydrogen) atoms. The van der Waals surface area contributed by atoms with Crippen LogP contribution in [0, 0.1) is 11.6 Å². The Kier molecular flexibility index (Phi) is 23.8. The Hall–Kier alpha value is -5.42. The maximum absolute atomic E-state index is 13.5. The lowest BCUT2D eigenvalue weighted by atomic mass is 10.1. The summed E-state index contributed by atoms with van der Waals surface area (Å²) in [5, 5.41) is 4.81. The molecule has 0 spiro atoms. The van der Waals surface area contributed by atoms with E-state index in [1.165, 1.54) is 42.7 Å². The van der Waals surface area contributed by atoms with Gasteiger partial charge >= 0.3 is 13.6 Å². The Morgan fingerprint density at radius 1 is 0.712 bits per heavy atom. The van der Waals surface area contributed by atoms with Crippen molar-refractivity contribution < 1.29 is 65.1 Å². The first-order valence-electron chi connectivity index (χ1n) is 20.8. The first kappa shape index (κ1) is 54.9. The molecule has 0 bridgehead atoms. The zero-order valence-corrected chi connectivity index (χ0v) is 39.3. The molecular formula is C48H61F2N2O12PS. The van der Waals surface area contributed by atoms with Gasteiger partial charge in [0, 0.05) is 50.1 Å². The maximum Gasteiger partial charge on any atom is 0.338 e. The van der Waals surface area contributed by atoms with Gasteiger partial charge in [0.2, 0.25) is 0 Å². The van der Waals surface area contributed by atoms with Gasteiger partial charge in [-0.2, -0.15) is 0 Å². The van der Waals surface area contributed by atoms with Crippen molar-refractivity contribution in [3.8, 4) is 23.0 Å². The molecule has 1 amide bonds. The fraction of sp³-hybridized carbons (Fsp3) is 0.396. The molecule has 0 aliphatic carbocycles. The molecule has 18 heteroatoms. The number of halogens is 2. The number of ether oxygens (including phenoxy) is 7. The fourth-order valence-electron chi connectivity index (χ4n) is 6.10. The Balaban J connectivity index is 0.000000373. The lowest BCUT2D eigenvalue weighted by Crippen LogP contribution is -2.19. The summed E-state index contributed by atoms with van der Waals surface area (Å²) < 4.78 is 88.4. The topological polar surface area (TPSA) is 159 Å². The second kappa shape index (κ2) is 28.6. The Morgan fingerprint density at radius 2 is 1.20 bits per heavy atom. The highest BCUT2D eigenvalue weighted by Crippen LogP contribution is 2.51. The molecule has 14 nitrogen and oxygen atoms in total. The quantitative estimate of drug-likeness (QED) is 0.0435. The van der Waals surface area contributed by atoms with E-state index in [0.717, 1.165) is 11.1 Å². The minimum absolute atomic E-state index is 0.